The van der Waals surface area contributed by atoms with Crippen LogP contribution in [-0.2, 0) is 13.9 Å². The van der Waals surface area contributed by atoms with Gasteiger partial charge in [0.05, 0.1) is 0 Å². The molecule has 0 radical (unpaired) electrons. The molecule has 5 nitrogen and oxygen atoms in total. The van der Waals surface area contributed by atoms with Crippen molar-refractivity contribution in [3.05, 3.63) is 35.9 Å². The standard InChI is InChI=1S/C21H38NO4Si/c1-20(2,3)26-19(23)22-17(15-25-27(8,9)21(4,5)6)18(24-7)16-13-11-10-12-14-16/h10-14,17-18,27H,15H2,1-9H3,(H,22,23)/q-1/t17-,18-/m1/s1. The van der Waals surface area contributed by atoms with E-state index >= 15 is 0 Å². The zero-order chi connectivity index (χ0) is 20.9. The van der Waals surface area contributed by atoms with Crippen LogP contribution in [-0.4, -0.2) is 39.8 Å². The van der Waals surface area contributed by atoms with Crippen LogP contribution in [0.5, 0.6) is 0 Å². The van der Waals surface area contributed by atoms with Gasteiger partial charge in [-0.2, -0.15) is 0 Å². The predicted octanol–water partition coefficient (Wildman–Crippen LogP) is 5.02. The van der Waals surface area contributed by atoms with Gasteiger partial charge in [-0.05, 0) is 0 Å². The zero-order valence-corrected chi connectivity index (χ0v) is 19.6. The van der Waals surface area contributed by atoms with Gasteiger partial charge in [0.1, 0.15) is 0 Å². The van der Waals surface area contributed by atoms with E-state index in [1.54, 1.807) is 7.11 Å². The Labute approximate surface area is 165 Å². The molecule has 2 atom stereocenters. The maximum atomic E-state index is 12.4. The summed E-state index contributed by atoms with van der Waals surface area (Å²) in [6.45, 7) is 17.0. The second-order valence-electron chi connectivity index (χ2n) is 9.76. The Bertz CT molecular complexity index is 590. The van der Waals surface area contributed by atoms with E-state index in [9.17, 15) is 4.79 Å². The SMILES string of the molecule is CO[C@H](c1ccccc1)[C@@H](CO[SiH-](C)(C)C(C)(C)C)NC(=O)OC(C)(C)C. The van der Waals surface area contributed by atoms with E-state index < -0.39 is 20.0 Å². The molecule has 1 aromatic rings. The van der Waals surface area contributed by atoms with Crippen LogP contribution in [0.2, 0.25) is 18.1 Å². The molecule has 1 rings (SSSR count). The van der Waals surface area contributed by atoms with Crippen LogP contribution in [0.15, 0.2) is 30.3 Å². The number of carbonyl (C=O) groups is 1. The van der Waals surface area contributed by atoms with Gasteiger partial charge in [0.15, 0.2) is 0 Å². The molecule has 0 unspecified atom stereocenters. The Balaban J connectivity index is 3.03. The van der Waals surface area contributed by atoms with E-state index in [0.29, 0.717) is 6.61 Å². The van der Waals surface area contributed by atoms with E-state index in [4.69, 9.17) is 13.9 Å². The van der Waals surface area contributed by atoms with Crippen LogP contribution < -0.4 is 5.32 Å². The number of benzene rings is 1. The number of nitrogens with one attached hydrogen (secondary N) is 1. The van der Waals surface area contributed by atoms with E-state index in [0.717, 1.165) is 5.56 Å². The normalized spacial score (nSPS) is 15.7. The Morgan fingerprint density at radius 2 is 1.63 bits per heavy atom. The van der Waals surface area contributed by atoms with Crippen molar-refractivity contribution < 1.29 is 18.7 Å². The van der Waals surface area contributed by atoms with Crippen molar-refractivity contribution in [3.8, 4) is 0 Å². The van der Waals surface area contributed by atoms with Crippen molar-refractivity contribution in [2.75, 3.05) is 13.7 Å². The van der Waals surface area contributed by atoms with Gasteiger partial charge in [0.25, 0.3) is 0 Å². The zero-order valence-electron chi connectivity index (χ0n) is 18.5. The molecule has 0 spiro atoms. The van der Waals surface area contributed by atoms with Gasteiger partial charge in [-0.1, -0.05) is 0 Å². The monoisotopic (exact) mass is 396 g/mol. The molecule has 0 saturated carbocycles. The molecule has 1 aromatic carbocycles. The van der Waals surface area contributed by atoms with E-state index in [1.807, 2.05) is 51.1 Å². The van der Waals surface area contributed by atoms with Gasteiger partial charge >= 0.3 is 165 Å². The summed E-state index contributed by atoms with van der Waals surface area (Å²) in [5, 5.41) is 3.07. The third-order valence-electron chi connectivity index (χ3n) is 5.23. The first-order valence-electron chi connectivity index (χ1n) is 9.70. The van der Waals surface area contributed by atoms with Crippen LogP contribution in [0, 0.1) is 0 Å². The summed E-state index contributed by atoms with van der Waals surface area (Å²) in [6, 6.07) is 9.51. The summed E-state index contributed by atoms with van der Waals surface area (Å²) >= 11 is 0. The van der Waals surface area contributed by atoms with Crippen LogP contribution in [0.25, 0.3) is 0 Å². The molecule has 6 heteroatoms. The average Bonchev–Trinajstić information content (AvgIpc) is 2.51. The molecule has 1 amide bonds. The number of rotatable bonds is 7. The van der Waals surface area contributed by atoms with Crippen LogP contribution in [0.1, 0.15) is 53.2 Å². The van der Waals surface area contributed by atoms with Gasteiger partial charge in [-0.25, -0.2) is 0 Å². The van der Waals surface area contributed by atoms with Crippen molar-refractivity contribution >= 4 is 14.4 Å². The van der Waals surface area contributed by atoms with E-state index in [1.165, 1.54) is 0 Å². The van der Waals surface area contributed by atoms with Crippen molar-refractivity contribution in [1.29, 1.82) is 0 Å². The number of hydrogen-bond acceptors (Lipinski definition) is 4. The van der Waals surface area contributed by atoms with Gasteiger partial charge in [-0.3, -0.25) is 0 Å². The van der Waals surface area contributed by atoms with E-state index in [2.05, 4.69) is 39.2 Å². The topological polar surface area (TPSA) is 56.8 Å². The first-order chi connectivity index (χ1) is 12.3. The minimum atomic E-state index is -2.29. The quantitative estimate of drug-likeness (QED) is 0.657. The van der Waals surface area contributed by atoms with Crippen LogP contribution >= 0.6 is 0 Å². The van der Waals surface area contributed by atoms with Crippen molar-refractivity contribution in [1.82, 2.24) is 5.32 Å². The van der Waals surface area contributed by atoms with Crippen molar-refractivity contribution in [3.63, 3.8) is 0 Å². The summed E-state index contributed by atoms with van der Waals surface area (Å²) in [7, 11) is -0.643. The molecular formula is C21H38NO4Si-. The number of ether oxygens (including phenoxy) is 2. The van der Waals surface area contributed by atoms with Gasteiger partial charge in [-0.15, -0.1) is 0 Å². The number of carbonyl (C=O) groups excluding carboxylic acids is 1. The van der Waals surface area contributed by atoms with Crippen LogP contribution in [0.3, 0.4) is 0 Å². The number of alkyl carbamates (subject to hydrolysis) is 1. The molecule has 1 N–H and O–H groups in total. The predicted molar refractivity (Wildman–Crippen MR) is 114 cm³/mol. The molecule has 0 aliphatic rings. The maximum absolute atomic E-state index is 12.4. The molecule has 0 bridgehead atoms. The van der Waals surface area contributed by atoms with Gasteiger partial charge in [0, 0.05) is 0 Å². The molecule has 0 aliphatic carbocycles. The van der Waals surface area contributed by atoms with Gasteiger partial charge < -0.3 is 0 Å². The number of hydrogen-bond donors (Lipinski definition) is 1. The van der Waals surface area contributed by atoms with Crippen LogP contribution in [0.4, 0.5) is 4.79 Å². The third-order valence-corrected chi connectivity index (χ3v) is 10.4. The minimum absolute atomic E-state index is 0.110. The van der Waals surface area contributed by atoms with Crippen molar-refractivity contribution in [2.45, 2.75) is 77.4 Å². The Kier molecular flexibility index (Phi) is 8.08. The second-order valence-corrected chi connectivity index (χ2v) is 15.3. The Hall–Kier alpha value is -1.37. The Morgan fingerprint density at radius 3 is 2.07 bits per heavy atom. The molecule has 0 fully saturated rings. The van der Waals surface area contributed by atoms with E-state index in [-0.39, 0.29) is 17.2 Å². The Morgan fingerprint density at radius 1 is 1.07 bits per heavy atom. The second kappa shape index (κ2) is 9.21. The number of methoxy groups -OCH3 is 1. The number of amides is 1. The van der Waals surface area contributed by atoms with Crippen molar-refractivity contribution in [2.24, 2.45) is 0 Å². The summed E-state index contributed by atoms with van der Waals surface area (Å²) < 4.78 is 17.6. The molecule has 0 saturated heterocycles. The summed E-state index contributed by atoms with van der Waals surface area (Å²) in [6.07, 6.45) is -0.791. The first-order valence-corrected chi connectivity index (χ1v) is 13.1. The fourth-order valence-corrected chi connectivity index (χ4v) is 3.62. The summed E-state index contributed by atoms with van der Waals surface area (Å²) in [5.41, 5.74) is 0.426. The third kappa shape index (κ3) is 7.64. The summed E-state index contributed by atoms with van der Waals surface area (Å²) in [5.74, 6) is 0. The fraction of sp³-hybridized carbons (Fsp3) is 0.667. The van der Waals surface area contributed by atoms with Gasteiger partial charge in [0.2, 0.25) is 0 Å². The molecule has 27 heavy (non-hydrogen) atoms. The molecule has 156 valence electrons. The summed E-state index contributed by atoms with van der Waals surface area (Å²) in [4.78, 5) is 12.4. The molecule has 0 heterocycles. The molecule has 0 aromatic heterocycles. The fourth-order valence-electron chi connectivity index (χ4n) is 2.43. The average molecular weight is 397 g/mol. The first kappa shape index (κ1) is 23.7. The molecule has 0 aliphatic heterocycles. The molecular weight excluding hydrogens is 358 g/mol.